The minimum atomic E-state index is -4.39. The van der Waals surface area contributed by atoms with Gasteiger partial charge in [-0.25, -0.2) is 4.98 Å². The molecule has 106 valence electrons. The van der Waals surface area contributed by atoms with E-state index in [9.17, 15) is 13.2 Å². The molecule has 2 rings (SSSR count). The largest absolute Gasteiger partial charge is 0.416 e. The van der Waals surface area contributed by atoms with E-state index in [-0.39, 0.29) is 11.6 Å². The van der Waals surface area contributed by atoms with Crippen molar-refractivity contribution in [3.8, 4) is 0 Å². The molecular formula is C12H10ClF3N4. The SMILES string of the molecule is CNc1nc(Nc2cccc(C(F)(F)F)c2)ncc1Cl. The number of benzene rings is 1. The molecule has 2 aromatic rings. The zero-order valence-electron chi connectivity index (χ0n) is 10.3. The molecule has 0 atom stereocenters. The summed E-state index contributed by atoms with van der Waals surface area (Å²) >= 11 is 5.82. The minimum absolute atomic E-state index is 0.151. The smallest absolute Gasteiger partial charge is 0.372 e. The van der Waals surface area contributed by atoms with Crippen LogP contribution in [0.2, 0.25) is 5.02 Å². The molecule has 0 aliphatic heterocycles. The van der Waals surface area contributed by atoms with E-state index >= 15 is 0 Å². The van der Waals surface area contributed by atoms with Crippen LogP contribution in [-0.2, 0) is 6.18 Å². The maximum atomic E-state index is 12.6. The van der Waals surface area contributed by atoms with Crippen LogP contribution in [0.1, 0.15) is 5.56 Å². The number of anilines is 3. The molecule has 8 heteroatoms. The fourth-order valence-corrected chi connectivity index (χ4v) is 1.69. The van der Waals surface area contributed by atoms with Crippen LogP contribution < -0.4 is 10.6 Å². The van der Waals surface area contributed by atoms with E-state index in [0.29, 0.717) is 10.8 Å². The first-order chi connectivity index (χ1) is 9.40. The predicted molar refractivity (Wildman–Crippen MR) is 71.3 cm³/mol. The van der Waals surface area contributed by atoms with E-state index < -0.39 is 11.7 Å². The molecule has 4 nitrogen and oxygen atoms in total. The van der Waals surface area contributed by atoms with E-state index in [1.165, 1.54) is 18.3 Å². The van der Waals surface area contributed by atoms with E-state index in [1.807, 2.05) is 0 Å². The molecule has 0 aliphatic carbocycles. The van der Waals surface area contributed by atoms with Gasteiger partial charge in [0.25, 0.3) is 0 Å². The van der Waals surface area contributed by atoms with Gasteiger partial charge in [-0.1, -0.05) is 17.7 Å². The maximum Gasteiger partial charge on any atom is 0.416 e. The van der Waals surface area contributed by atoms with Crippen molar-refractivity contribution >= 4 is 29.1 Å². The molecule has 2 N–H and O–H groups in total. The maximum absolute atomic E-state index is 12.6. The van der Waals surface area contributed by atoms with Gasteiger partial charge in [0.2, 0.25) is 5.95 Å². The summed E-state index contributed by atoms with van der Waals surface area (Å²) < 4.78 is 37.8. The quantitative estimate of drug-likeness (QED) is 0.902. The van der Waals surface area contributed by atoms with Crippen molar-refractivity contribution in [1.29, 1.82) is 0 Å². The summed E-state index contributed by atoms with van der Waals surface area (Å²) in [5.74, 6) is 0.536. The number of nitrogens with one attached hydrogen (secondary N) is 2. The van der Waals surface area contributed by atoms with Crippen molar-refractivity contribution in [2.45, 2.75) is 6.18 Å². The predicted octanol–water partition coefficient (Wildman–Crippen LogP) is 3.93. The van der Waals surface area contributed by atoms with Crippen molar-refractivity contribution < 1.29 is 13.2 Å². The minimum Gasteiger partial charge on any atom is -0.372 e. The molecule has 0 amide bonds. The number of nitrogens with zero attached hydrogens (tertiary/aromatic N) is 2. The highest BCUT2D eigenvalue weighted by Gasteiger charge is 2.30. The van der Waals surface area contributed by atoms with Crippen molar-refractivity contribution in [2.75, 3.05) is 17.7 Å². The average Bonchev–Trinajstić information content (AvgIpc) is 2.40. The Morgan fingerprint density at radius 2 is 2.00 bits per heavy atom. The van der Waals surface area contributed by atoms with Gasteiger partial charge in [-0.3, -0.25) is 0 Å². The Hall–Kier alpha value is -2.02. The van der Waals surface area contributed by atoms with Crippen LogP contribution >= 0.6 is 11.6 Å². The van der Waals surface area contributed by atoms with Gasteiger partial charge >= 0.3 is 6.18 Å². The number of halogens is 4. The molecule has 1 aromatic carbocycles. The second-order valence-electron chi connectivity index (χ2n) is 3.84. The fourth-order valence-electron chi connectivity index (χ4n) is 1.51. The van der Waals surface area contributed by atoms with Gasteiger partial charge in [0, 0.05) is 12.7 Å². The lowest BCUT2D eigenvalue weighted by atomic mass is 10.2. The molecule has 0 saturated carbocycles. The first kappa shape index (κ1) is 14.4. The number of alkyl halides is 3. The van der Waals surface area contributed by atoms with Crippen LogP contribution in [0, 0.1) is 0 Å². The molecule has 1 heterocycles. The lowest BCUT2D eigenvalue weighted by molar-refractivity contribution is -0.137. The second-order valence-corrected chi connectivity index (χ2v) is 4.25. The number of hydrogen-bond donors (Lipinski definition) is 2. The highest BCUT2D eigenvalue weighted by Crippen LogP contribution is 2.31. The highest BCUT2D eigenvalue weighted by atomic mass is 35.5. The van der Waals surface area contributed by atoms with E-state index in [1.54, 1.807) is 7.05 Å². The lowest BCUT2D eigenvalue weighted by Gasteiger charge is -2.10. The first-order valence-corrected chi connectivity index (χ1v) is 5.92. The molecule has 0 unspecified atom stereocenters. The van der Waals surface area contributed by atoms with Gasteiger partial charge in [0.15, 0.2) is 0 Å². The van der Waals surface area contributed by atoms with E-state index in [4.69, 9.17) is 11.6 Å². The molecule has 0 bridgehead atoms. The molecular weight excluding hydrogens is 293 g/mol. The van der Waals surface area contributed by atoms with Crippen molar-refractivity contribution in [2.24, 2.45) is 0 Å². The second kappa shape index (κ2) is 5.54. The van der Waals surface area contributed by atoms with Crippen LogP contribution in [-0.4, -0.2) is 17.0 Å². The summed E-state index contributed by atoms with van der Waals surface area (Å²) in [5, 5.41) is 5.77. The summed E-state index contributed by atoms with van der Waals surface area (Å²) in [7, 11) is 1.63. The number of hydrogen-bond acceptors (Lipinski definition) is 4. The van der Waals surface area contributed by atoms with Crippen molar-refractivity contribution in [1.82, 2.24) is 9.97 Å². The number of rotatable bonds is 3. The van der Waals surface area contributed by atoms with Gasteiger partial charge in [0.05, 0.1) is 11.8 Å². The number of aromatic nitrogens is 2. The fraction of sp³-hybridized carbons (Fsp3) is 0.167. The lowest BCUT2D eigenvalue weighted by Crippen LogP contribution is -2.06. The molecule has 20 heavy (non-hydrogen) atoms. The Kier molecular flexibility index (Phi) is 3.99. The summed E-state index contributed by atoms with van der Waals surface area (Å²) in [4.78, 5) is 7.93. The average molecular weight is 303 g/mol. The normalized spacial score (nSPS) is 11.2. The monoisotopic (exact) mass is 302 g/mol. The van der Waals surface area contributed by atoms with Gasteiger partial charge < -0.3 is 10.6 Å². The molecule has 0 spiro atoms. The van der Waals surface area contributed by atoms with Crippen LogP contribution in [0.3, 0.4) is 0 Å². The summed E-state index contributed by atoms with van der Waals surface area (Å²) in [6.45, 7) is 0. The van der Waals surface area contributed by atoms with Gasteiger partial charge in [-0.2, -0.15) is 18.2 Å². The van der Waals surface area contributed by atoms with E-state index in [2.05, 4.69) is 20.6 Å². The van der Waals surface area contributed by atoms with Crippen molar-refractivity contribution in [3.63, 3.8) is 0 Å². The van der Waals surface area contributed by atoms with Crippen LogP contribution in [0.15, 0.2) is 30.5 Å². The third-order valence-corrected chi connectivity index (χ3v) is 2.70. The summed E-state index contributed by atoms with van der Waals surface area (Å²) in [6.07, 6.45) is -3.04. The standard InChI is InChI=1S/C12H10ClF3N4/c1-17-10-9(13)6-18-11(20-10)19-8-4-2-3-7(5-8)12(14,15)16/h2-6H,1H3,(H2,17,18,19,20). The molecule has 0 aliphatic rings. The Morgan fingerprint density at radius 3 is 2.65 bits per heavy atom. The van der Waals surface area contributed by atoms with Gasteiger partial charge in [0.1, 0.15) is 10.8 Å². The Bertz CT molecular complexity index is 616. The van der Waals surface area contributed by atoms with Crippen LogP contribution in [0.4, 0.5) is 30.6 Å². The first-order valence-electron chi connectivity index (χ1n) is 5.54. The Labute approximate surface area is 118 Å². The van der Waals surface area contributed by atoms with Crippen LogP contribution in [0.5, 0.6) is 0 Å². The molecule has 0 fully saturated rings. The zero-order valence-corrected chi connectivity index (χ0v) is 11.0. The van der Waals surface area contributed by atoms with Gasteiger partial charge in [-0.05, 0) is 18.2 Å². The summed E-state index contributed by atoms with van der Waals surface area (Å²) in [5.41, 5.74) is -0.505. The molecule has 1 aromatic heterocycles. The zero-order chi connectivity index (χ0) is 14.8. The Morgan fingerprint density at radius 1 is 1.25 bits per heavy atom. The molecule has 0 radical (unpaired) electrons. The van der Waals surface area contributed by atoms with Crippen molar-refractivity contribution in [3.05, 3.63) is 41.0 Å². The Balaban J connectivity index is 2.26. The van der Waals surface area contributed by atoms with Gasteiger partial charge in [-0.15, -0.1) is 0 Å². The third kappa shape index (κ3) is 3.30. The third-order valence-electron chi connectivity index (χ3n) is 2.43. The summed E-state index contributed by atoms with van der Waals surface area (Å²) in [6, 6.07) is 4.77. The highest BCUT2D eigenvalue weighted by molar-refractivity contribution is 6.32. The van der Waals surface area contributed by atoms with E-state index in [0.717, 1.165) is 12.1 Å². The van der Waals surface area contributed by atoms with Crippen LogP contribution in [0.25, 0.3) is 0 Å². The topological polar surface area (TPSA) is 49.8 Å². The molecule has 0 saturated heterocycles.